The molecule has 0 atom stereocenters. The van der Waals surface area contributed by atoms with Crippen molar-refractivity contribution in [3.8, 4) is 0 Å². The predicted molar refractivity (Wildman–Crippen MR) is 73.5 cm³/mol. The highest BCUT2D eigenvalue weighted by molar-refractivity contribution is 5.87. The molecule has 2 amide bonds. The largest absolute Gasteiger partial charge is 0.478 e. The maximum absolute atomic E-state index is 12.1. The number of nitrogens with one attached hydrogen (secondary N) is 1. The minimum Gasteiger partial charge on any atom is -0.478 e. The molecule has 20 heavy (non-hydrogen) atoms. The van der Waals surface area contributed by atoms with E-state index in [-0.39, 0.29) is 18.1 Å². The van der Waals surface area contributed by atoms with E-state index >= 15 is 0 Å². The molecule has 0 radical (unpaired) electrons. The summed E-state index contributed by atoms with van der Waals surface area (Å²) in [6.07, 6.45) is 4.51. The summed E-state index contributed by atoms with van der Waals surface area (Å²) < 4.78 is 0. The third-order valence-corrected chi connectivity index (χ3v) is 3.20. The highest BCUT2D eigenvalue weighted by Gasteiger charge is 2.31. The third kappa shape index (κ3) is 3.69. The number of carboxylic acid groups (broad SMARTS) is 1. The molecule has 0 spiro atoms. The lowest BCUT2D eigenvalue weighted by Gasteiger charge is -2.22. The fraction of sp³-hybridized carbons (Fsp3) is 0.500. The SMILES string of the molecule is CCCN(C(=O)NCc1cc(C(=O)O)ccn1)C1CC1. The van der Waals surface area contributed by atoms with E-state index in [4.69, 9.17) is 5.11 Å². The standard InChI is InChI=1S/C14H19N3O3/c1-2-7-17(12-3-4-12)14(20)16-9-11-8-10(13(18)19)5-6-15-11/h5-6,8,12H,2-4,7,9H2,1H3,(H,16,20)(H,18,19). The van der Waals surface area contributed by atoms with Gasteiger partial charge in [0.1, 0.15) is 0 Å². The van der Waals surface area contributed by atoms with E-state index in [1.165, 1.54) is 18.3 Å². The number of hydrogen-bond donors (Lipinski definition) is 2. The zero-order valence-corrected chi connectivity index (χ0v) is 11.5. The summed E-state index contributed by atoms with van der Waals surface area (Å²) in [5.41, 5.74) is 0.724. The Balaban J connectivity index is 1.92. The van der Waals surface area contributed by atoms with Gasteiger partial charge < -0.3 is 15.3 Å². The van der Waals surface area contributed by atoms with Crippen molar-refractivity contribution < 1.29 is 14.7 Å². The number of urea groups is 1. The highest BCUT2D eigenvalue weighted by atomic mass is 16.4. The van der Waals surface area contributed by atoms with Crippen LogP contribution in [0.1, 0.15) is 42.2 Å². The van der Waals surface area contributed by atoms with E-state index in [2.05, 4.69) is 10.3 Å². The molecule has 1 aliphatic rings. The van der Waals surface area contributed by atoms with Crippen molar-refractivity contribution >= 4 is 12.0 Å². The van der Waals surface area contributed by atoms with Gasteiger partial charge in [-0.15, -0.1) is 0 Å². The van der Waals surface area contributed by atoms with Crippen LogP contribution in [-0.4, -0.2) is 39.6 Å². The minimum absolute atomic E-state index is 0.100. The molecule has 1 aromatic heterocycles. The van der Waals surface area contributed by atoms with Gasteiger partial charge in [-0.3, -0.25) is 4.98 Å². The second-order valence-electron chi connectivity index (χ2n) is 4.92. The first-order chi connectivity index (χ1) is 9.61. The lowest BCUT2D eigenvalue weighted by atomic mass is 10.2. The normalized spacial score (nSPS) is 13.8. The molecular weight excluding hydrogens is 258 g/mol. The fourth-order valence-electron chi connectivity index (χ4n) is 2.05. The Morgan fingerprint density at radius 3 is 2.85 bits per heavy atom. The van der Waals surface area contributed by atoms with Crippen LogP contribution in [0.15, 0.2) is 18.3 Å². The number of amides is 2. The van der Waals surface area contributed by atoms with Crippen molar-refractivity contribution in [2.24, 2.45) is 0 Å². The van der Waals surface area contributed by atoms with Gasteiger partial charge in [0.05, 0.1) is 17.8 Å². The number of aromatic nitrogens is 1. The van der Waals surface area contributed by atoms with Gasteiger partial charge in [-0.25, -0.2) is 9.59 Å². The van der Waals surface area contributed by atoms with Crippen molar-refractivity contribution in [2.75, 3.05) is 6.54 Å². The highest BCUT2D eigenvalue weighted by Crippen LogP contribution is 2.26. The number of carbonyl (C=O) groups excluding carboxylic acids is 1. The summed E-state index contributed by atoms with van der Waals surface area (Å²) in [6, 6.07) is 3.18. The maximum Gasteiger partial charge on any atom is 0.335 e. The average molecular weight is 277 g/mol. The molecule has 2 rings (SSSR count). The van der Waals surface area contributed by atoms with Crippen LogP contribution in [-0.2, 0) is 6.54 Å². The molecule has 0 aromatic carbocycles. The molecule has 0 bridgehead atoms. The maximum atomic E-state index is 12.1. The Bertz CT molecular complexity index is 500. The summed E-state index contributed by atoms with van der Waals surface area (Å²) in [5.74, 6) is -0.995. The molecule has 6 heteroatoms. The topological polar surface area (TPSA) is 82.5 Å². The molecule has 108 valence electrons. The monoisotopic (exact) mass is 277 g/mol. The van der Waals surface area contributed by atoms with Crippen LogP contribution in [0.2, 0.25) is 0 Å². The second kappa shape index (κ2) is 6.36. The van der Waals surface area contributed by atoms with E-state index in [9.17, 15) is 9.59 Å². The van der Waals surface area contributed by atoms with Gasteiger partial charge in [-0.1, -0.05) is 6.92 Å². The van der Waals surface area contributed by atoms with Crippen molar-refractivity contribution in [3.63, 3.8) is 0 Å². The van der Waals surface area contributed by atoms with Gasteiger partial charge in [-0.2, -0.15) is 0 Å². The smallest absolute Gasteiger partial charge is 0.335 e. The first kappa shape index (κ1) is 14.3. The molecule has 0 saturated heterocycles. The zero-order chi connectivity index (χ0) is 14.5. The lowest BCUT2D eigenvalue weighted by Crippen LogP contribution is -2.41. The molecule has 2 N–H and O–H groups in total. The van der Waals surface area contributed by atoms with E-state index in [1.54, 1.807) is 0 Å². The number of carboxylic acids is 1. The Morgan fingerprint density at radius 1 is 1.50 bits per heavy atom. The molecule has 1 aliphatic carbocycles. The fourth-order valence-corrected chi connectivity index (χ4v) is 2.05. The van der Waals surface area contributed by atoms with E-state index in [0.717, 1.165) is 25.8 Å². The first-order valence-corrected chi connectivity index (χ1v) is 6.84. The van der Waals surface area contributed by atoms with Crippen LogP contribution < -0.4 is 5.32 Å². The Kier molecular flexibility index (Phi) is 4.55. The first-order valence-electron chi connectivity index (χ1n) is 6.84. The number of nitrogens with zero attached hydrogens (tertiary/aromatic N) is 2. The van der Waals surface area contributed by atoms with Gasteiger partial charge in [-0.05, 0) is 31.4 Å². The molecule has 0 aliphatic heterocycles. The van der Waals surface area contributed by atoms with Crippen LogP contribution in [0, 0.1) is 0 Å². The molecule has 1 heterocycles. The van der Waals surface area contributed by atoms with Crippen LogP contribution in [0.4, 0.5) is 4.79 Å². The van der Waals surface area contributed by atoms with Crippen LogP contribution in [0.25, 0.3) is 0 Å². The van der Waals surface area contributed by atoms with Gasteiger partial charge in [0.25, 0.3) is 0 Å². The minimum atomic E-state index is -0.995. The Hall–Kier alpha value is -2.11. The predicted octanol–water partition coefficient (Wildman–Crippen LogP) is 1.86. The lowest BCUT2D eigenvalue weighted by molar-refractivity contribution is 0.0696. The molecule has 0 unspecified atom stereocenters. The second-order valence-corrected chi connectivity index (χ2v) is 4.92. The summed E-state index contributed by atoms with van der Waals surface area (Å²) in [7, 11) is 0. The molecule has 1 saturated carbocycles. The number of carbonyl (C=O) groups is 2. The van der Waals surface area contributed by atoms with Crippen molar-refractivity contribution in [1.29, 1.82) is 0 Å². The van der Waals surface area contributed by atoms with Crippen molar-refractivity contribution in [2.45, 2.75) is 38.8 Å². The zero-order valence-electron chi connectivity index (χ0n) is 11.5. The van der Waals surface area contributed by atoms with Crippen LogP contribution >= 0.6 is 0 Å². The molecular formula is C14H19N3O3. The average Bonchev–Trinajstić information content (AvgIpc) is 3.27. The van der Waals surface area contributed by atoms with Gasteiger partial charge >= 0.3 is 12.0 Å². The van der Waals surface area contributed by atoms with Gasteiger partial charge in [0.15, 0.2) is 0 Å². The van der Waals surface area contributed by atoms with Crippen molar-refractivity contribution in [3.05, 3.63) is 29.6 Å². The summed E-state index contributed by atoms with van der Waals surface area (Å²) >= 11 is 0. The van der Waals surface area contributed by atoms with Gasteiger partial charge in [0.2, 0.25) is 0 Å². The van der Waals surface area contributed by atoms with Crippen LogP contribution in [0.3, 0.4) is 0 Å². The number of hydrogen-bond acceptors (Lipinski definition) is 3. The number of rotatable bonds is 6. The third-order valence-electron chi connectivity index (χ3n) is 3.20. The van der Waals surface area contributed by atoms with E-state index in [0.29, 0.717) is 11.7 Å². The Morgan fingerprint density at radius 2 is 2.25 bits per heavy atom. The summed E-state index contributed by atoms with van der Waals surface area (Å²) in [5, 5.41) is 11.7. The Labute approximate surface area is 117 Å². The molecule has 6 nitrogen and oxygen atoms in total. The number of pyridine rings is 1. The summed E-state index contributed by atoms with van der Waals surface area (Å²) in [6.45, 7) is 3.03. The summed E-state index contributed by atoms with van der Waals surface area (Å²) in [4.78, 5) is 28.8. The number of aromatic carboxylic acids is 1. The van der Waals surface area contributed by atoms with Crippen LogP contribution in [0.5, 0.6) is 0 Å². The van der Waals surface area contributed by atoms with Gasteiger partial charge in [0, 0.05) is 18.8 Å². The molecule has 1 fully saturated rings. The van der Waals surface area contributed by atoms with Crippen molar-refractivity contribution in [1.82, 2.24) is 15.2 Å². The quantitative estimate of drug-likeness (QED) is 0.831. The van der Waals surface area contributed by atoms with E-state index in [1.807, 2.05) is 11.8 Å². The molecule has 1 aromatic rings. The van der Waals surface area contributed by atoms with E-state index < -0.39 is 5.97 Å².